The predicted octanol–water partition coefficient (Wildman–Crippen LogP) is 5.73. The van der Waals surface area contributed by atoms with Crippen LogP contribution in [-0.4, -0.2) is 11.0 Å². The minimum atomic E-state index is -0.902. The SMILES string of the molecule is O=C(/C=C/c1ccc(Cl)cc1)Nc1ccc(Cl)cc1C(O)c1ccccc1. The molecule has 0 spiro atoms. The fourth-order valence-corrected chi connectivity index (χ4v) is 2.92. The number of aliphatic hydroxyl groups is 1. The summed E-state index contributed by atoms with van der Waals surface area (Å²) in [7, 11) is 0. The molecule has 3 nitrogen and oxygen atoms in total. The smallest absolute Gasteiger partial charge is 0.248 e. The maximum atomic E-state index is 12.3. The van der Waals surface area contributed by atoms with Crippen molar-refractivity contribution in [1.82, 2.24) is 0 Å². The van der Waals surface area contributed by atoms with Crippen molar-refractivity contribution < 1.29 is 9.90 Å². The lowest BCUT2D eigenvalue weighted by Crippen LogP contribution is -2.12. The van der Waals surface area contributed by atoms with Crippen molar-refractivity contribution in [2.45, 2.75) is 6.10 Å². The van der Waals surface area contributed by atoms with Gasteiger partial charge in [-0.1, -0.05) is 65.7 Å². The van der Waals surface area contributed by atoms with E-state index < -0.39 is 6.10 Å². The highest BCUT2D eigenvalue weighted by Gasteiger charge is 2.16. The Bertz CT molecular complexity index is 954. The summed E-state index contributed by atoms with van der Waals surface area (Å²) >= 11 is 11.9. The van der Waals surface area contributed by atoms with Gasteiger partial charge < -0.3 is 10.4 Å². The second kappa shape index (κ2) is 8.87. The number of amides is 1. The molecular weight excluding hydrogens is 381 g/mol. The molecule has 0 saturated heterocycles. The van der Waals surface area contributed by atoms with Gasteiger partial charge in [-0.15, -0.1) is 0 Å². The molecule has 5 heteroatoms. The quantitative estimate of drug-likeness (QED) is 0.540. The number of nitrogens with one attached hydrogen (secondary N) is 1. The van der Waals surface area contributed by atoms with Crippen LogP contribution in [0.4, 0.5) is 5.69 Å². The zero-order chi connectivity index (χ0) is 19.2. The van der Waals surface area contributed by atoms with E-state index in [2.05, 4.69) is 5.32 Å². The zero-order valence-corrected chi connectivity index (χ0v) is 15.8. The molecular formula is C22H17Cl2NO2. The average Bonchev–Trinajstić information content (AvgIpc) is 2.69. The number of benzene rings is 3. The van der Waals surface area contributed by atoms with Crippen LogP contribution in [0.5, 0.6) is 0 Å². The molecule has 1 amide bonds. The van der Waals surface area contributed by atoms with Gasteiger partial charge in [0.2, 0.25) is 5.91 Å². The normalized spacial score (nSPS) is 12.1. The summed E-state index contributed by atoms with van der Waals surface area (Å²) in [5.74, 6) is -0.311. The van der Waals surface area contributed by atoms with Crippen LogP contribution in [0.3, 0.4) is 0 Å². The fourth-order valence-electron chi connectivity index (χ4n) is 2.61. The Labute approximate surface area is 167 Å². The molecule has 3 rings (SSSR count). The van der Waals surface area contributed by atoms with E-state index in [0.29, 0.717) is 26.9 Å². The van der Waals surface area contributed by atoms with E-state index in [0.717, 1.165) is 5.56 Å². The van der Waals surface area contributed by atoms with E-state index in [1.165, 1.54) is 6.08 Å². The number of anilines is 1. The molecule has 0 bridgehead atoms. The van der Waals surface area contributed by atoms with Crippen LogP contribution >= 0.6 is 23.2 Å². The largest absolute Gasteiger partial charge is 0.384 e. The first kappa shape index (κ1) is 19.2. The third-order valence-electron chi connectivity index (χ3n) is 3.98. The minimum absolute atomic E-state index is 0.311. The minimum Gasteiger partial charge on any atom is -0.384 e. The van der Waals surface area contributed by atoms with E-state index >= 15 is 0 Å². The van der Waals surface area contributed by atoms with Crippen LogP contribution in [0.15, 0.2) is 78.9 Å². The van der Waals surface area contributed by atoms with Crippen LogP contribution in [-0.2, 0) is 4.79 Å². The molecule has 1 unspecified atom stereocenters. The van der Waals surface area contributed by atoms with E-state index in [1.807, 2.05) is 42.5 Å². The van der Waals surface area contributed by atoms with Crippen LogP contribution in [0, 0.1) is 0 Å². The summed E-state index contributed by atoms with van der Waals surface area (Å²) in [5, 5.41) is 14.6. The third-order valence-corrected chi connectivity index (χ3v) is 4.47. The summed E-state index contributed by atoms with van der Waals surface area (Å²) in [4.78, 5) is 12.3. The maximum Gasteiger partial charge on any atom is 0.248 e. The van der Waals surface area contributed by atoms with Gasteiger partial charge in [-0.25, -0.2) is 0 Å². The summed E-state index contributed by atoms with van der Waals surface area (Å²) in [6.45, 7) is 0. The topological polar surface area (TPSA) is 49.3 Å². The second-order valence-electron chi connectivity index (χ2n) is 5.92. The Morgan fingerprint density at radius 2 is 1.59 bits per heavy atom. The molecule has 2 N–H and O–H groups in total. The Kier molecular flexibility index (Phi) is 6.30. The van der Waals surface area contributed by atoms with Crippen molar-refractivity contribution in [3.05, 3.63) is 106 Å². The van der Waals surface area contributed by atoms with E-state index in [-0.39, 0.29) is 5.91 Å². The molecule has 3 aromatic rings. The van der Waals surface area contributed by atoms with Gasteiger partial charge >= 0.3 is 0 Å². The van der Waals surface area contributed by atoms with Crippen molar-refractivity contribution in [3.63, 3.8) is 0 Å². The molecule has 27 heavy (non-hydrogen) atoms. The summed E-state index contributed by atoms with van der Waals surface area (Å²) < 4.78 is 0. The molecule has 0 aromatic heterocycles. The lowest BCUT2D eigenvalue weighted by molar-refractivity contribution is -0.111. The van der Waals surface area contributed by atoms with Crippen molar-refractivity contribution in [3.8, 4) is 0 Å². The molecule has 3 aromatic carbocycles. The molecule has 0 aliphatic heterocycles. The zero-order valence-electron chi connectivity index (χ0n) is 14.3. The van der Waals surface area contributed by atoms with Gasteiger partial charge in [-0.05, 0) is 47.5 Å². The number of carbonyl (C=O) groups is 1. The Morgan fingerprint density at radius 1 is 0.926 bits per heavy atom. The van der Waals surface area contributed by atoms with Crippen LogP contribution < -0.4 is 5.32 Å². The summed E-state index contributed by atoms with van der Waals surface area (Å²) in [6, 6.07) is 21.3. The maximum absolute atomic E-state index is 12.3. The Balaban J connectivity index is 1.80. The van der Waals surface area contributed by atoms with Gasteiger partial charge in [0.1, 0.15) is 6.10 Å². The molecule has 0 heterocycles. The van der Waals surface area contributed by atoms with Crippen molar-refractivity contribution >= 4 is 40.9 Å². The van der Waals surface area contributed by atoms with Crippen molar-refractivity contribution in [2.75, 3.05) is 5.32 Å². The highest BCUT2D eigenvalue weighted by molar-refractivity contribution is 6.31. The molecule has 1 atom stereocenters. The predicted molar refractivity (Wildman–Crippen MR) is 111 cm³/mol. The molecule has 136 valence electrons. The second-order valence-corrected chi connectivity index (χ2v) is 6.79. The molecule has 0 radical (unpaired) electrons. The van der Waals surface area contributed by atoms with E-state index in [1.54, 1.807) is 36.4 Å². The van der Waals surface area contributed by atoms with Crippen LogP contribution in [0.1, 0.15) is 22.8 Å². The van der Waals surface area contributed by atoms with Gasteiger partial charge in [-0.3, -0.25) is 4.79 Å². The number of carbonyl (C=O) groups excluding carboxylic acids is 1. The monoisotopic (exact) mass is 397 g/mol. The van der Waals surface area contributed by atoms with Gasteiger partial charge in [0, 0.05) is 27.4 Å². The standard InChI is InChI=1S/C22H17Cl2NO2/c23-17-9-6-15(7-10-17)8-13-21(26)25-20-12-11-18(24)14-19(20)22(27)16-4-2-1-3-5-16/h1-14,22,27H,(H,25,26)/b13-8+. The average molecular weight is 398 g/mol. The number of rotatable bonds is 5. The number of hydrogen-bond donors (Lipinski definition) is 2. The highest BCUT2D eigenvalue weighted by Crippen LogP contribution is 2.31. The number of hydrogen-bond acceptors (Lipinski definition) is 2. The van der Waals surface area contributed by atoms with Crippen LogP contribution in [0.25, 0.3) is 6.08 Å². The van der Waals surface area contributed by atoms with Gasteiger partial charge in [0.15, 0.2) is 0 Å². The van der Waals surface area contributed by atoms with Gasteiger partial charge in [0.05, 0.1) is 0 Å². The molecule has 0 saturated carbocycles. The van der Waals surface area contributed by atoms with Crippen molar-refractivity contribution in [2.24, 2.45) is 0 Å². The van der Waals surface area contributed by atoms with Crippen LogP contribution in [0.2, 0.25) is 10.0 Å². The highest BCUT2D eigenvalue weighted by atomic mass is 35.5. The first-order valence-corrected chi connectivity index (χ1v) is 9.05. The summed E-state index contributed by atoms with van der Waals surface area (Å²) in [6.07, 6.45) is 2.21. The molecule has 0 fully saturated rings. The third kappa shape index (κ3) is 5.20. The molecule has 0 aliphatic rings. The van der Waals surface area contributed by atoms with Gasteiger partial charge in [-0.2, -0.15) is 0 Å². The van der Waals surface area contributed by atoms with Gasteiger partial charge in [0.25, 0.3) is 0 Å². The number of halogens is 2. The first-order valence-electron chi connectivity index (χ1n) is 8.30. The van der Waals surface area contributed by atoms with E-state index in [9.17, 15) is 9.90 Å². The van der Waals surface area contributed by atoms with E-state index in [4.69, 9.17) is 23.2 Å². The fraction of sp³-hybridized carbons (Fsp3) is 0.0455. The lowest BCUT2D eigenvalue weighted by atomic mass is 10.00. The summed E-state index contributed by atoms with van der Waals surface area (Å²) in [5.41, 5.74) is 2.60. The number of aliphatic hydroxyl groups excluding tert-OH is 1. The Hall–Kier alpha value is -2.59. The Morgan fingerprint density at radius 3 is 2.30 bits per heavy atom. The lowest BCUT2D eigenvalue weighted by Gasteiger charge is -2.16. The van der Waals surface area contributed by atoms with Crippen molar-refractivity contribution in [1.29, 1.82) is 0 Å². The first-order chi connectivity index (χ1) is 13.0. The molecule has 0 aliphatic carbocycles.